The normalized spacial score (nSPS) is 15.2. The molecule has 0 spiro atoms. The molecule has 2 aromatic carbocycles. The van der Waals surface area contributed by atoms with Crippen LogP contribution in [0.2, 0.25) is 5.02 Å². The molecule has 1 aliphatic rings. The molecule has 0 atom stereocenters. The van der Waals surface area contributed by atoms with Gasteiger partial charge in [-0.25, -0.2) is 13.2 Å². The Morgan fingerprint density at radius 1 is 1.06 bits per heavy atom. The van der Waals surface area contributed by atoms with Crippen LogP contribution < -0.4 is 5.32 Å². The second kappa shape index (κ2) is 10.3. The van der Waals surface area contributed by atoms with Crippen LogP contribution in [0.15, 0.2) is 47.4 Å². The highest BCUT2D eigenvalue weighted by Gasteiger charge is 2.28. The molecular weight excluding hydrogens is 440 g/mol. The third kappa shape index (κ3) is 5.84. The van der Waals surface area contributed by atoms with Gasteiger partial charge in [0.25, 0.3) is 5.91 Å². The van der Waals surface area contributed by atoms with E-state index in [1.54, 1.807) is 12.1 Å². The van der Waals surface area contributed by atoms with Crippen molar-refractivity contribution < 1.29 is 22.7 Å². The van der Waals surface area contributed by atoms with E-state index in [4.69, 9.17) is 16.3 Å². The molecule has 31 heavy (non-hydrogen) atoms. The molecule has 3 rings (SSSR count). The van der Waals surface area contributed by atoms with E-state index in [0.29, 0.717) is 18.8 Å². The molecule has 0 aromatic heterocycles. The Labute approximate surface area is 187 Å². The summed E-state index contributed by atoms with van der Waals surface area (Å²) in [4.78, 5) is 24.4. The topological polar surface area (TPSA) is 92.8 Å². The number of sulfonamides is 1. The van der Waals surface area contributed by atoms with Crippen LogP contribution in [-0.4, -0.2) is 44.3 Å². The number of carbonyl (C=O) groups excluding carboxylic acids is 2. The summed E-state index contributed by atoms with van der Waals surface area (Å²) in [6.07, 6.45) is 3.54. The summed E-state index contributed by atoms with van der Waals surface area (Å²) in [5, 5.41) is 2.71. The van der Waals surface area contributed by atoms with Crippen LogP contribution in [0.3, 0.4) is 0 Å². The van der Waals surface area contributed by atoms with Crippen LogP contribution in [0.1, 0.15) is 41.6 Å². The van der Waals surface area contributed by atoms with Crippen molar-refractivity contribution in [2.75, 3.05) is 25.0 Å². The number of ether oxygens (including phenoxy) is 1. The molecule has 1 N–H and O–H groups in total. The number of nitrogens with zero attached hydrogens (tertiary/aromatic N) is 1. The summed E-state index contributed by atoms with van der Waals surface area (Å²) < 4.78 is 32.6. The fourth-order valence-corrected chi connectivity index (χ4v) is 5.38. The van der Waals surface area contributed by atoms with Crippen LogP contribution in [0.25, 0.3) is 0 Å². The molecule has 7 nitrogen and oxygen atoms in total. The van der Waals surface area contributed by atoms with Gasteiger partial charge in [0.2, 0.25) is 10.0 Å². The molecule has 1 saturated heterocycles. The minimum absolute atomic E-state index is 0.0153. The molecule has 9 heteroatoms. The minimum Gasteiger partial charge on any atom is -0.452 e. The Morgan fingerprint density at radius 2 is 1.74 bits per heavy atom. The lowest BCUT2D eigenvalue weighted by Gasteiger charge is -2.21. The Bertz CT molecular complexity index is 1060. The van der Waals surface area contributed by atoms with Crippen LogP contribution >= 0.6 is 11.6 Å². The Morgan fingerprint density at radius 3 is 2.42 bits per heavy atom. The van der Waals surface area contributed by atoms with E-state index in [2.05, 4.69) is 5.32 Å². The summed E-state index contributed by atoms with van der Waals surface area (Å²) in [5.41, 5.74) is 1.52. The zero-order valence-electron chi connectivity index (χ0n) is 17.3. The Balaban J connectivity index is 1.69. The van der Waals surface area contributed by atoms with Crippen molar-refractivity contribution >= 4 is 39.2 Å². The van der Waals surface area contributed by atoms with Gasteiger partial charge in [0.1, 0.15) is 4.90 Å². The van der Waals surface area contributed by atoms with E-state index in [0.717, 1.165) is 31.2 Å². The number of rotatable bonds is 6. The molecule has 1 heterocycles. The van der Waals surface area contributed by atoms with E-state index in [1.165, 1.54) is 22.5 Å². The van der Waals surface area contributed by atoms with Crippen molar-refractivity contribution in [2.45, 2.75) is 37.5 Å². The van der Waals surface area contributed by atoms with Crippen molar-refractivity contribution in [3.8, 4) is 0 Å². The van der Waals surface area contributed by atoms with Gasteiger partial charge in [-0.05, 0) is 49.6 Å². The first kappa shape index (κ1) is 23.2. The number of aryl methyl sites for hydroxylation is 1. The van der Waals surface area contributed by atoms with E-state index < -0.39 is 28.5 Å². The van der Waals surface area contributed by atoms with Crippen LogP contribution in [0.4, 0.5) is 5.69 Å². The third-order valence-corrected chi connectivity index (χ3v) is 7.48. The predicted octanol–water partition coefficient (Wildman–Crippen LogP) is 4.01. The van der Waals surface area contributed by atoms with Gasteiger partial charge in [-0.2, -0.15) is 4.31 Å². The first-order valence-corrected chi connectivity index (χ1v) is 11.9. The SMILES string of the molecule is Cc1ccccc1NC(=O)COC(=O)c1ccc(Cl)c(S(=O)(=O)N2CCCCCC2)c1. The molecule has 1 aliphatic heterocycles. The molecular formula is C22H25ClN2O5S. The number of hydrogen-bond donors (Lipinski definition) is 1. The van der Waals surface area contributed by atoms with Crippen LogP contribution in [0, 0.1) is 6.92 Å². The van der Waals surface area contributed by atoms with Crippen molar-refractivity contribution in [3.05, 3.63) is 58.6 Å². The maximum Gasteiger partial charge on any atom is 0.338 e. The summed E-state index contributed by atoms with van der Waals surface area (Å²) in [6, 6.07) is 11.2. The molecule has 1 amide bonds. The molecule has 0 bridgehead atoms. The molecule has 0 saturated carbocycles. The Hall–Kier alpha value is -2.42. The molecule has 0 unspecified atom stereocenters. The number of para-hydroxylation sites is 1. The van der Waals surface area contributed by atoms with Crippen molar-refractivity contribution in [2.24, 2.45) is 0 Å². The molecule has 2 aromatic rings. The van der Waals surface area contributed by atoms with E-state index in [9.17, 15) is 18.0 Å². The largest absolute Gasteiger partial charge is 0.452 e. The van der Waals surface area contributed by atoms with Gasteiger partial charge in [0.05, 0.1) is 10.6 Å². The van der Waals surface area contributed by atoms with Crippen LogP contribution in [0.5, 0.6) is 0 Å². The summed E-state index contributed by atoms with van der Waals surface area (Å²) in [7, 11) is -3.83. The van der Waals surface area contributed by atoms with Gasteiger partial charge < -0.3 is 10.1 Å². The van der Waals surface area contributed by atoms with Crippen LogP contribution in [-0.2, 0) is 19.6 Å². The number of nitrogens with one attached hydrogen (secondary N) is 1. The molecule has 0 radical (unpaired) electrons. The maximum atomic E-state index is 13.1. The number of hydrogen-bond acceptors (Lipinski definition) is 5. The third-order valence-electron chi connectivity index (χ3n) is 5.10. The highest BCUT2D eigenvalue weighted by molar-refractivity contribution is 7.89. The first-order chi connectivity index (χ1) is 14.8. The fourth-order valence-electron chi connectivity index (χ4n) is 3.36. The smallest absolute Gasteiger partial charge is 0.338 e. The lowest BCUT2D eigenvalue weighted by atomic mass is 10.2. The van der Waals surface area contributed by atoms with E-state index in [1.807, 2.05) is 19.1 Å². The number of benzene rings is 2. The highest BCUT2D eigenvalue weighted by atomic mass is 35.5. The van der Waals surface area contributed by atoms with Gasteiger partial charge in [-0.1, -0.05) is 42.6 Å². The molecule has 166 valence electrons. The average molecular weight is 465 g/mol. The zero-order chi connectivity index (χ0) is 22.4. The number of amides is 1. The quantitative estimate of drug-likeness (QED) is 0.652. The number of esters is 1. The lowest BCUT2D eigenvalue weighted by Crippen LogP contribution is -2.32. The molecule has 0 aliphatic carbocycles. The summed E-state index contributed by atoms with van der Waals surface area (Å²) in [6.45, 7) is 2.20. The predicted molar refractivity (Wildman–Crippen MR) is 119 cm³/mol. The number of halogens is 1. The fraction of sp³-hybridized carbons (Fsp3) is 0.364. The summed E-state index contributed by atoms with van der Waals surface area (Å²) >= 11 is 6.16. The lowest BCUT2D eigenvalue weighted by molar-refractivity contribution is -0.119. The average Bonchev–Trinajstić information content (AvgIpc) is 3.04. The first-order valence-electron chi connectivity index (χ1n) is 10.1. The van der Waals surface area contributed by atoms with Gasteiger partial charge in [-0.15, -0.1) is 0 Å². The summed E-state index contributed by atoms with van der Waals surface area (Å²) in [5.74, 6) is -1.29. The van der Waals surface area contributed by atoms with Gasteiger partial charge >= 0.3 is 5.97 Å². The van der Waals surface area contributed by atoms with Gasteiger partial charge in [0, 0.05) is 18.8 Å². The molecule has 1 fully saturated rings. The van der Waals surface area contributed by atoms with E-state index in [-0.39, 0.29) is 15.5 Å². The number of carbonyl (C=O) groups is 2. The second-order valence-corrected chi connectivity index (χ2v) is 9.72. The van der Waals surface area contributed by atoms with Crippen molar-refractivity contribution in [1.82, 2.24) is 4.31 Å². The van der Waals surface area contributed by atoms with Gasteiger partial charge in [0.15, 0.2) is 6.61 Å². The zero-order valence-corrected chi connectivity index (χ0v) is 18.8. The Kier molecular flexibility index (Phi) is 7.69. The van der Waals surface area contributed by atoms with Gasteiger partial charge in [-0.3, -0.25) is 4.79 Å². The monoisotopic (exact) mass is 464 g/mol. The minimum atomic E-state index is -3.83. The van der Waals surface area contributed by atoms with E-state index >= 15 is 0 Å². The maximum absolute atomic E-state index is 13.1. The van der Waals surface area contributed by atoms with Crippen molar-refractivity contribution in [1.29, 1.82) is 0 Å². The van der Waals surface area contributed by atoms with Crippen molar-refractivity contribution in [3.63, 3.8) is 0 Å². The number of anilines is 1. The second-order valence-electron chi connectivity index (χ2n) is 7.40. The highest BCUT2D eigenvalue weighted by Crippen LogP contribution is 2.28. The standard InChI is InChI=1S/C22H25ClN2O5S/c1-16-8-4-5-9-19(16)24-21(26)15-30-22(27)17-10-11-18(23)20(14-17)31(28,29)25-12-6-2-3-7-13-25/h4-5,8-11,14H,2-3,6-7,12-13,15H2,1H3,(H,24,26).